The molecule has 0 radical (unpaired) electrons. The molecule has 0 amide bonds. The number of carbonyl (C=O) groups excluding carboxylic acids is 1. The molecule has 2 atom stereocenters. The average molecular weight is 293 g/mol. The SMILES string of the molecule is [CH2-]CC(=O)C(Cl)CCC(C)Br.[Cr]. The van der Waals surface area contributed by atoms with Crippen LogP contribution >= 0.6 is 27.5 Å². The van der Waals surface area contributed by atoms with E-state index in [9.17, 15) is 4.79 Å². The van der Waals surface area contributed by atoms with Gasteiger partial charge in [-0.2, -0.15) is 0 Å². The number of halogens is 2. The number of hydrogen-bond acceptors (Lipinski definition) is 1. The number of hydrogen-bond donors (Lipinski definition) is 0. The molecule has 0 fully saturated rings. The number of carbonyl (C=O) groups is 1. The van der Waals surface area contributed by atoms with Crippen LogP contribution in [0.3, 0.4) is 0 Å². The van der Waals surface area contributed by atoms with Gasteiger partial charge >= 0.3 is 0 Å². The van der Waals surface area contributed by atoms with Crippen LogP contribution in [0.15, 0.2) is 0 Å². The van der Waals surface area contributed by atoms with E-state index in [-0.39, 0.29) is 28.5 Å². The monoisotopic (exact) mass is 291 g/mol. The summed E-state index contributed by atoms with van der Waals surface area (Å²) in [5, 5.41) is -0.340. The second-order valence-electron chi connectivity index (χ2n) is 2.54. The van der Waals surface area contributed by atoms with Gasteiger partial charge in [-0.25, -0.2) is 0 Å². The van der Waals surface area contributed by atoms with Gasteiger partial charge in [0.15, 0.2) is 0 Å². The molecule has 2 unspecified atom stereocenters. The smallest absolute Gasteiger partial charge is 0.121 e. The van der Waals surface area contributed by atoms with Gasteiger partial charge in [-0.3, -0.25) is 0 Å². The van der Waals surface area contributed by atoms with Crippen molar-refractivity contribution in [3.05, 3.63) is 6.92 Å². The standard InChI is InChI=1S/C8H13BrClO.Cr/c1-3-8(11)7(10)5-4-6(2)9;/h6-7H,1,3-5H2,2H3;/q-1;. The Hall–Kier alpha value is 0.972. The van der Waals surface area contributed by atoms with E-state index >= 15 is 0 Å². The van der Waals surface area contributed by atoms with Crippen molar-refractivity contribution >= 4 is 33.3 Å². The first kappa shape index (κ1) is 15.4. The quantitative estimate of drug-likeness (QED) is 0.562. The molecule has 1 nitrogen and oxygen atoms in total. The summed E-state index contributed by atoms with van der Waals surface area (Å²) in [6.45, 7) is 5.53. The summed E-state index contributed by atoms with van der Waals surface area (Å²) < 4.78 is 0. The van der Waals surface area contributed by atoms with Gasteiger partial charge in [-0.15, -0.1) is 18.0 Å². The second-order valence-corrected chi connectivity index (χ2v) is 4.63. The molecule has 12 heavy (non-hydrogen) atoms. The summed E-state index contributed by atoms with van der Waals surface area (Å²) in [4.78, 5) is 11.3. The van der Waals surface area contributed by atoms with Crippen LogP contribution < -0.4 is 0 Å². The van der Waals surface area contributed by atoms with E-state index in [0.29, 0.717) is 11.2 Å². The van der Waals surface area contributed by atoms with E-state index in [1.54, 1.807) is 0 Å². The molecule has 0 aromatic rings. The minimum Gasteiger partial charge on any atom is -0.336 e. The molecule has 0 saturated carbocycles. The van der Waals surface area contributed by atoms with E-state index in [2.05, 4.69) is 22.9 Å². The zero-order valence-corrected chi connectivity index (χ0v) is 10.7. The van der Waals surface area contributed by atoms with Gasteiger partial charge in [0.1, 0.15) is 5.78 Å². The van der Waals surface area contributed by atoms with Crippen LogP contribution in [0.5, 0.6) is 0 Å². The van der Waals surface area contributed by atoms with Gasteiger partial charge in [-0.1, -0.05) is 22.9 Å². The molecular weight excluding hydrogens is 279 g/mol. The van der Waals surface area contributed by atoms with Gasteiger partial charge in [-0.05, 0) is 12.8 Å². The van der Waals surface area contributed by atoms with E-state index < -0.39 is 0 Å². The van der Waals surface area contributed by atoms with E-state index in [4.69, 9.17) is 11.6 Å². The van der Waals surface area contributed by atoms with Gasteiger partial charge in [0.2, 0.25) is 0 Å². The maximum absolute atomic E-state index is 10.9. The Balaban J connectivity index is 0. The fourth-order valence-electron chi connectivity index (χ4n) is 0.694. The molecule has 0 bridgehead atoms. The Morgan fingerprint density at radius 3 is 2.42 bits per heavy atom. The Labute approximate surface area is 98.5 Å². The van der Waals surface area contributed by atoms with Crippen molar-refractivity contribution in [2.75, 3.05) is 0 Å². The fourth-order valence-corrected chi connectivity index (χ4v) is 1.19. The fraction of sp³-hybridized carbons (Fsp3) is 0.750. The minimum atomic E-state index is -0.340. The number of alkyl halides is 2. The normalized spacial score (nSPS) is 14.7. The predicted octanol–water partition coefficient (Wildman–Crippen LogP) is 2.95. The first-order valence-electron chi connectivity index (χ1n) is 3.68. The van der Waals surface area contributed by atoms with Crippen molar-refractivity contribution in [3.8, 4) is 0 Å². The van der Waals surface area contributed by atoms with Crippen LogP contribution in [0, 0.1) is 6.92 Å². The van der Waals surface area contributed by atoms with Crippen LogP contribution in [-0.2, 0) is 22.2 Å². The Morgan fingerprint density at radius 1 is 1.58 bits per heavy atom. The zero-order valence-electron chi connectivity index (χ0n) is 7.06. The molecule has 0 aliphatic carbocycles. The predicted molar refractivity (Wildman–Crippen MR) is 52.2 cm³/mol. The Kier molecular flexibility index (Phi) is 11.0. The van der Waals surface area contributed by atoms with Crippen LogP contribution in [0.1, 0.15) is 26.2 Å². The molecule has 4 heteroatoms. The van der Waals surface area contributed by atoms with E-state index in [1.807, 2.05) is 6.92 Å². The first-order valence-corrected chi connectivity index (χ1v) is 5.03. The Morgan fingerprint density at radius 2 is 2.08 bits per heavy atom. The van der Waals surface area contributed by atoms with Gasteiger partial charge in [0.25, 0.3) is 0 Å². The summed E-state index contributed by atoms with van der Waals surface area (Å²) in [5.74, 6) is 0.0415. The summed E-state index contributed by atoms with van der Waals surface area (Å²) in [5.41, 5.74) is 0. The Bertz CT molecular complexity index is 130. The maximum atomic E-state index is 10.9. The zero-order chi connectivity index (χ0) is 8.85. The molecule has 0 aromatic heterocycles. The molecule has 0 aliphatic heterocycles. The van der Waals surface area contributed by atoms with Crippen LogP contribution in [0.25, 0.3) is 0 Å². The van der Waals surface area contributed by atoms with Crippen molar-refractivity contribution < 1.29 is 22.2 Å². The summed E-state index contributed by atoms with van der Waals surface area (Å²) >= 11 is 9.15. The number of Topliss-reactive ketones (excluding diaryl/α,β-unsaturated/α-hetero) is 1. The molecular formula is C8H13BrClCrO-. The molecule has 72 valence electrons. The molecule has 0 heterocycles. The van der Waals surface area contributed by atoms with Crippen molar-refractivity contribution in [1.82, 2.24) is 0 Å². The number of ketones is 1. The van der Waals surface area contributed by atoms with Crippen molar-refractivity contribution in [1.29, 1.82) is 0 Å². The molecule has 0 rings (SSSR count). The summed E-state index contributed by atoms with van der Waals surface area (Å²) in [6, 6.07) is 0. The summed E-state index contributed by atoms with van der Waals surface area (Å²) in [6.07, 6.45) is 1.97. The third-order valence-electron chi connectivity index (χ3n) is 1.41. The largest absolute Gasteiger partial charge is 0.336 e. The third kappa shape index (κ3) is 7.61. The van der Waals surface area contributed by atoms with Crippen molar-refractivity contribution in [2.45, 2.75) is 36.4 Å². The van der Waals surface area contributed by atoms with Gasteiger partial charge < -0.3 is 11.7 Å². The second kappa shape index (κ2) is 8.57. The van der Waals surface area contributed by atoms with Crippen LogP contribution in [0.4, 0.5) is 0 Å². The van der Waals surface area contributed by atoms with Crippen LogP contribution in [-0.4, -0.2) is 16.0 Å². The first-order chi connectivity index (χ1) is 5.07. The van der Waals surface area contributed by atoms with E-state index in [1.165, 1.54) is 0 Å². The molecule has 0 N–H and O–H groups in total. The van der Waals surface area contributed by atoms with Crippen molar-refractivity contribution in [3.63, 3.8) is 0 Å². The van der Waals surface area contributed by atoms with E-state index in [0.717, 1.165) is 12.8 Å². The molecule has 0 saturated heterocycles. The van der Waals surface area contributed by atoms with Gasteiger partial charge in [0.05, 0.1) is 5.38 Å². The molecule has 0 aromatic carbocycles. The average Bonchev–Trinajstić information content (AvgIpc) is 1.98. The summed E-state index contributed by atoms with van der Waals surface area (Å²) in [7, 11) is 0. The van der Waals surface area contributed by atoms with Gasteiger partial charge in [0, 0.05) is 22.2 Å². The van der Waals surface area contributed by atoms with Crippen molar-refractivity contribution in [2.24, 2.45) is 0 Å². The topological polar surface area (TPSA) is 17.1 Å². The van der Waals surface area contributed by atoms with Crippen LogP contribution in [0.2, 0.25) is 0 Å². The third-order valence-corrected chi connectivity index (χ3v) is 2.33. The minimum absolute atomic E-state index is 0. The number of rotatable bonds is 5. The maximum Gasteiger partial charge on any atom is 0.121 e. The molecule has 0 spiro atoms. The molecule has 0 aliphatic rings.